The van der Waals surface area contributed by atoms with Crippen molar-refractivity contribution in [1.29, 1.82) is 0 Å². The van der Waals surface area contributed by atoms with Gasteiger partial charge in [-0.2, -0.15) is 0 Å². The van der Waals surface area contributed by atoms with Crippen LogP contribution >= 0.6 is 0 Å². The van der Waals surface area contributed by atoms with Gasteiger partial charge in [-0.25, -0.2) is 4.39 Å². The van der Waals surface area contributed by atoms with E-state index in [9.17, 15) is 9.50 Å². The van der Waals surface area contributed by atoms with E-state index in [0.717, 1.165) is 0 Å². The summed E-state index contributed by atoms with van der Waals surface area (Å²) in [6, 6.07) is 4.28. The monoisotopic (exact) mass is 212 g/mol. The summed E-state index contributed by atoms with van der Waals surface area (Å²) in [5.41, 5.74) is 5.63. The molecule has 3 nitrogen and oxygen atoms in total. The molecule has 4 heteroatoms. The van der Waals surface area contributed by atoms with E-state index >= 15 is 0 Å². The second-order valence-corrected chi connectivity index (χ2v) is 4.03. The zero-order valence-electron chi connectivity index (χ0n) is 9.29. The smallest absolute Gasteiger partial charge is 0.125 e. The predicted molar refractivity (Wildman–Crippen MR) is 59.4 cm³/mol. The average molecular weight is 212 g/mol. The molecule has 0 saturated carbocycles. The first kappa shape index (κ1) is 11.9. The molecule has 0 aliphatic heterocycles. The molecule has 0 aliphatic carbocycles. The first-order chi connectivity index (χ1) is 6.88. The highest BCUT2D eigenvalue weighted by Crippen LogP contribution is 2.29. The summed E-state index contributed by atoms with van der Waals surface area (Å²) in [6.07, 6.45) is 0. The molecule has 0 amide bonds. The van der Waals surface area contributed by atoms with Gasteiger partial charge in [0, 0.05) is 31.9 Å². The third kappa shape index (κ3) is 2.46. The summed E-state index contributed by atoms with van der Waals surface area (Å²) >= 11 is 0. The fraction of sp³-hybridized carbons (Fsp3) is 0.455. The highest BCUT2D eigenvalue weighted by atomic mass is 19.1. The fourth-order valence-electron chi connectivity index (χ4n) is 1.44. The minimum Gasteiger partial charge on any atom is -0.384 e. The summed E-state index contributed by atoms with van der Waals surface area (Å²) in [6.45, 7) is 1.71. The topological polar surface area (TPSA) is 49.5 Å². The zero-order valence-corrected chi connectivity index (χ0v) is 9.29. The van der Waals surface area contributed by atoms with Crippen LogP contribution in [-0.4, -0.2) is 25.7 Å². The first-order valence-corrected chi connectivity index (χ1v) is 4.78. The van der Waals surface area contributed by atoms with Crippen LogP contribution in [-0.2, 0) is 5.60 Å². The van der Waals surface area contributed by atoms with Crippen molar-refractivity contribution in [2.24, 2.45) is 5.73 Å². The third-order valence-corrected chi connectivity index (χ3v) is 2.42. The molecule has 0 aromatic heterocycles. The van der Waals surface area contributed by atoms with Gasteiger partial charge in [0.05, 0.1) is 0 Å². The Morgan fingerprint density at radius 1 is 1.47 bits per heavy atom. The van der Waals surface area contributed by atoms with E-state index in [1.807, 2.05) is 0 Å². The molecule has 0 bridgehead atoms. The van der Waals surface area contributed by atoms with Crippen LogP contribution in [0.5, 0.6) is 0 Å². The van der Waals surface area contributed by atoms with E-state index in [1.165, 1.54) is 12.1 Å². The van der Waals surface area contributed by atoms with Crippen molar-refractivity contribution >= 4 is 5.69 Å². The van der Waals surface area contributed by atoms with Crippen LogP contribution in [0.15, 0.2) is 18.2 Å². The molecule has 84 valence electrons. The fourth-order valence-corrected chi connectivity index (χ4v) is 1.44. The summed E-state index contributed by atoms with van der Waals surface area (Å²) in [7, 11) is 3.59. The number of benzene rings is 1. The molecule has 1 unspecified atom stereocenters. The van der Waals surface area contributed by atoms with Crippen LogP contribution in [0.3, 0.4) is 0 Å². The van der Waals surface area contributed by atoms with Crippen molar-refractivity contribution in [3.63, 3.8) is 0 Å². The van der Waals surface area contributed by atoms with Gasteiger partial charge in [-0.3, -0.25) is 0 Å². The molecule has 0 aliphatic rings. The number of halogens is 1. The predicted octanol–water partition coefficient (Wildman–Crippen LogP) is 1.06. The molecule has 3 N–H and O–H groups in total. The molecular formula is C11H17FN2O. The number of aliphatic hydroxyl groups is 1. The minimum absolute atomic E-state index is 0.0967. The van der Waals surface area contributed by atoms with Crippen LogP contribution in [0.1, 0.15) is 12.5 Å². The lowest BCUT2D eigenvalue weighted by Gasteiger charge is -2.27. The van der Waals surface area contributed by atoms with Crippen molar-refractivity contribution < 1.29 is 9.50 Å². The number of nitrogens with two attached hydrogens (primary N) is 1. The van der Waals surface area contributed by atoms with Gasteiger partial charge in [0.2, 0.25) is 0 Å². The van der Waals surface area contributed by atoms with E-state index < -0.39 is 5.60 Å². The molecule has 15 heavy (non-hydrogen) atoms. The van der Waals surface area contributed by atoms with Crippen molar-refractivity contribution in [3.8, 4) is 0 Å². The first-order valence-electron chi connectivity index (χ1n) is 4.78. The van der Waals surface area contributed by atoms with Crippen LogP contribution in [0.2, 0.25) is 0 Å². The van der Waals surface area contributed by atoms with Gasteiger partial charge < -0.3 is 15.7 Å². The van der Waals surface area contributed by atoms with Gasteiger partial charge in [0.25, 0.3) is 0 Å². The summed E-state index contributed by atoms with van der Waals surface area (Å²) in [5, 5.41) is 10.0. The second kappa shape index (κ2) is 4.16. The quantitative estimate of drug-likeness (QED) is 0.787. The third-order valence-electron chi connectivity index (χ3n) is 2.42. The number of hydrogen-bond donors (Lipinski definition) is 2. The Labute approximate surface area is 89.3 Å². The van der Waals surface area contributed by atoms with Crippen LogP contribution in [0.25, 0.3) is 0 Å². The Bertz CT molecular complexity index is 350. The number of rotatable bonds is 3. The average Bonchev–Trinajstić information content (AvgIpc) is 2.17. The highest BCUT2D eigenvalue weighted by molar-refractivity contribution is 5.55. The lowest BCUT2D eigenvalue weighted by molar-refractivity contribution is 0.0673. The lowest BCUT2D eigenvalue weighted by Crippen LogP contribution is -2.33. The molecule has 0 heterocycles. The Hall–Kier alpha value is -1.13. The van der Waals surface area contributed by atoms with E-state index in [0.29, 0.717) is 11.3 Å². The maximum absolute atomic E-state index is 13.1. The Kier molecular flexibility index (Phi) is 3.31. The van der Waals surface area contributed by atoms with Crippen molar-refractivity contribution in [2.75, 3.05) is 25.5 Å². The van der Waals surface area contributed by atoms with Crippen molar-refractivity contribution in [1.82, 2.24) is 0 Å². The molecule has 1 aromatic rings. The van der Waals surface area contributed by atoms with Crippen LogP contribution in [0, 0.1) is 5.82 Å². The normalized spacial score (nSPS) is 14.8. The number of nitrogens with zero attached hydrogens (tertiary/aromatic N) is 1. The Morgan fingerprint density at radius 3 is 2.53 bits per heavy atom. The maximum atomic E-state index is 13.1. The molecule has 1 atom stereocenters. The molecule has 1 aromatic carbocycles. The van der Waals surface area contributed by atoms with E-state index in [1.54, 1.807) is 32.0 Å². The van der Waals surface area contributed by atoms with Crippen LogP contribution in [0.4, 0.5) is 10.1 Å². The van der Waals surface area contributed by atoms with Crippen molar-refractivity contribution in [3.05, 3.63) is 29.6 Å². The summed E-state index contributed by atoms with van der Waals surface area (Å²) < 4.78 is 13.1. The highest BCUT2D eigenvalue weighted by Gasteiger charge is 2.25. The Balaban J connectivity index is 3.29. The number of anilines is 1. The van der Waals surface area contributed by atoms with Gasteiger partial charge >= 0.3 is 0 Å². The maximum Gasteiger partial charge on any atom is 0.125 e. The van der Waals surface area contributed by atoms with Gasteiger partial charge in [0.1, 0.15) is 11.4 Å². The minimum atomic E-state index is -1.13. The summed E-state index contributed by atoms with van der Waals surface area (Å²) in [4.78, 5) is 1.75. The molecule has 0 spiro atoms. The van der Waals surface area contributed by atoms with Crippen LogP contribution < -0.4 is 10.6 Å². The largest absolute Gasteiger partial charge is 0.384 e. The van der Waals surface area contributed by atoms with E-state index in [2.05, 4.69) is 0 Å². The van der Waals surface area contributed by atoms with Gasteiger partial charge in [-0.15, -0.1) is 0 Å². The molecular weight excluding hydrogens is 195 g/mol. The summed E-state index contributed by atoms with van der Waals surface area (Å²) in [5.74, 6) is -0.324. The second-order valence-electron chi connectivity index (χ2n) is 4.03. The van der Waals surface area contributed by atoms with Gasteiger partial charge in [-0.05, 0) is 19.1 Å². The molecule has 0 radical (unpaired) electrons. The van der Waals surface area contributed by atoms with E-state index in [4.69, 9.17) is 5.73 Å². The number of hydrogen-bond acceptors (Lipinski definition) is 3. The molecule has 0 fully saturated rings. The van der Waals surface area contributed by atoms with Crippen molar-refractivity contribution in [2.45, 2.75) is 12.5 Å². The van der Waals surface area contributed by atoms with E-state index in [-0.39, 0.29) is 12.4 Å². The Morgan fingerprint density at radius 2 is 2.07 bits per heavy atom. The molecule has 1 rings (SSSR count). The lowest BCUT2D eigenvalue weighted by atomic mass is 9.94. The van der Waals surface area contributed by atoms with Gasteiger partial charge in [0.15, 0.2) is 0 Å². The molecule has 0 saturated heterocycles. The zero-order chi connectivity index (χ0) is 11.6. The SMILES string of the molecule is CN(C)c1cc(F)ccc1C(C)(O)CN. The standard InChI is InChI=1S/C11H17FN2O/c1-11(15,7-13)9-5-4-8(12)6-10(9)14(2)3/h4-6,15H,7,13H2,1-3H3. The van der Waals surface area contributed by atoms with Gasteiger partial charge in [-0.1, -0.05) is 6.07 Å².